The maximum Gasteiger partial charge on any atom is 0.190 e. The van der Waals surface area contributed by atoms with E-state index in [0.717, 1.165) is 38.6 Å². The zero-order valence-corrected chi connectivity index (χ0v) is 19.8. The first-order chi connectivity index (χ1) is 10.6. The summed E-state index contributed by atoms with van der Waals surface area (Å²) in [5, 5.41) is 6.87. The maximum atomic E-state index is 4.32. The number of hydrogen-bond donors (Lipinski definition) is 2. The predicted molar refractivity (Wildman–Crippen MR) is 119 cm³/mol. The van der Waals surface area contributed by atoms with Crippen molar-refractivity contribution in [2.75, 3.05) is 47.3 Å². The summed E-state index contributed by atoms with van der Waals surface area (Å²) >= 11 is 0. The molecule has 0 heterocycles. The summed E-state index contributed by atoms with van der Waals surface area (Å²) in [7, 11) is 6.07. The van der Waals surface area contributed by atoms with Crippen molar-refractivity contribution in [1.29, 1.82) is 0 Å². The Bertz CT molecular complexity index is 332. The number of aliphatic imine (C=N–C) groups is 1. The molecule has 5 nitrogen and oxygen atoms in total. The molecule has 0 amide bonds. The lowest BCUT2D eigenvalue weighted by Crippen LogP contribution is -2.45. The molecule has 2 N–H and O–H groups in total. The minimum absolute atomic E-state index is 0. The van der Waals surface area contributed by atoms with E-state index in [9.17, 15) is 0 Å². The summed E-state index contributed by atoms with van der Waals surface area (Å²) < 4.78 is 0. The normalized spacial score (nSPS) is 13.0. The molecule has 0 aliphatic heterocycles. The Morgan fingerprint density at radius 3 is 2.00 bits per heavy atom. The highest BCUT2D eigenvalue weighted by molar-refractivity contribution is 14.0. The Morgan fingerprint density at radius 1 is 1.04 bits per heavy atom. The molecule has 0 radical (unpaired) electrons. The van der Waals surface area contributed by atoms with E-state index >= 15 is 0 Å². The van der Waals surface area contributed by atoms with Crippen LogP contribution in [0.25, 0.3) is 0 Å². The van der Waals surface area contributed by atoms with Crippen molar-refractivity contribution in [1.82, 2.24) is 20.4 Å². The van der Waals surface area contributed by atoms with Crippen LogP contribution in [-0.2, 0) is 0 Å². The average molecular weight is 455 g/mol. The van der Waals surface area contributed by atoms with Crippen LogP contribution >= 0.6 is 24.0 Å². The molecule has 0 fully saturated rings. The molecule has 0 aromatic rings. The van der Waals surface area contributed by atoms with Crippen LogP contribution in [0.4, 0.5) is 0 Å². The highest BCUT2D eigenvalue weighted by atomic mass is 127. The second-order valence-corrected chi connectivity index (χ2v) is 8.03. The first-order valence-electron chi connectivity index (χ1n) is 8.94. The fourth-order valence-electron chi connectivity index (χ4n) is 3.04. The van der Waals surface area contributed by atoms with Crippen molar-refractivity contribution in [2.24, 2.45) is 10.4 Å². The van der Waals surface area contributed by atoms with E-state index in [-0.39, 0.29) is 29.4 Å². The molecule has 0 bridgehead atoms. The quantitative estimate of drug-likeness (QED) is 0.230. The van der Waals surface area contributed by atoms with Crippen molar-refractivity contribution < 1.29 is 0 Å². The third-order valence-electron chi connectivity index (χ3n) is 3.91. The number of nitrogens with one attached hydrogen (secondary N) is 2. The van der Waals surface area contributed by atoms with E-state index in [4.69, 9.17) is 0 Å². The minimum atomic E-state index is 0. The summed E-state index contributed by atoms with van der Waals surface area (Å²) in [5.41, 5.74) is 0.215. The van der Waals surface area contributed by atoms with Crippen LogP contribution in [0.15, 0.2) is 4.99 Å². The zero-order valence-electron chi connectivity index (χ0n) is 17.4. The van der Waals surface area contributed by atoms with Gasteiger partial charge in [-0.2, -0.15) is 0 Å². The Hall–Kier alpha value is -0.0800. The van der Waals surface area contributed by atoms with E-state index in [2.05, 4.69) is 81.1 Å². The van der Waals surface area contributed by atoms with Gasteiger partial charge in [-0.25, -0.2) is 0 Å². The number of guanidine groups is 1. The van der Waals surface area contributed by atoms with Gasteiger partial charge < -0.3 is 15.5 Å². The SMILES string of the molecule is CN=C(NCCCN(C(C)C)C(C)C)NCC(C)(C)CN(C)C.I. The van der Waals surface area contributed by atoms with Crippen molar-refractivity contribution in [2.45, 2.75) is 60.0 Å². The van der Waals surface area contributed by atoms with Crippen LogP contribution in [0.1, 0.15) is 48.0 Å². The van der Waals surface area contributed by atoms with Crippen LogP contribution in [0.5, 0.6) is 0 Å². The number of hydrogen-bond acceptors (Lipinski definition) is 3. The monoisotopic (exact) mass is 455 g/mol. The lowest BCUT2D eigenvalue weighted by molar-refractivity contribution is 0.173. The lowest BCUT2D eigenvalue weighted by atomic mass is 9.93. The van der Waals surface area contributed by atoms with Gasteiger partial charge in [-0.05, 0) is 53.6 Å². The topological polar surface area (TPSA) is 42.9 Å². The van der Waals surface area contributed by atoms with Gasteiger partial charge in [-0.3, -0.25) is 9.89 Å². The van der Waals surface area contributed by atoms with Crippen LogP contribution < -0.4 is 10.6 Å². The zero-order chi connectivity index (χ0) is 18.0. The average Bonchev–Trinajstić information content (AvgIpc) is 2.39. The van der Waals surface area contributed by atoms with Crippen LogP contribution in [-0.4, -0.2) is 75.2 Å². The molecule has 0 unspecified atom stereocenters. The Kier molecular flexibility index (Phi) is 14.3. The predicted octanol–water partition coefficient (Wildman–Crippen LogP) is 2.87. The molecule has 6 heteroatoms. The number of halogens is 1. The molecule has 0 aromatic carbocycles. The molecule has 0 aliphatic carbocycles. The van der Waals surface area contributed by atoms with Gasteiger partial charge in [-0.1, -0.05) is 13.8 Å². The third kappa shape index (κ3) is 12.3. The molecule has 0 atom stereocenters. The second kappa shape index (κ2) is 13.2. The van der Waals surface area contributed by atoms with E-state index in [1.165, 1.54) is 0 Å². The molecule has 0 spiro atoms. The molecule has 0 saturated heterocycles. The van der Waals surface area contributed by atoms with E-state index in [1.807, 2.05) is 7.05 Å². The fraction of sp³-hybridized carbons (Fsp3) is 0.944. The standard InChI is InChI=1S/C18H41N5.HI/c1-15(2)23(16(3)4)12-10-11-20-17(19-7)21-13-18(5,6)14-22(8)9;/h15-16H,10-14H2,1-9H3,(H2,19,20,21);1H. The van der Waals surface area contributed by atoms with Crippen molar-refractivity contribution in [3.05, 3.63) is 0 Å². The van der Waals surface area contributed by atoms with Crippen molar-refractivity contribution >= 4 is 29.9 Å². The highest BCUT2D eigenvalue weighted by Crippen LogP contribution is 2.13. The minimum Gasteiger partial charge on any atom is -0.356 e. The van der Waals surface area contributed by atoms with Gasteiger partial charge in [0.1, 0.15) is 0 Å². The van der Waals surface area contributed by atoms with Gasteiger partial charge in [-0.15, -0.1) is 24.0 Å². The molecular formula is C18H42IN5. The second-order valence-electron chi connectivity index (χ2n) is 8.03. The fourth-order valence-corrected chi connectivity index (χ4v) is 3.04. The van der Waals surface area contributed by atoms with Gasteiger partial charge in [0, 0.05) is 45.3 Å². The van der Waals surface area contributed by atoms with E-state index < -0.39 is 0 Å². The molecular weight excluding hydrogens is 413 g/mol. The molecule has 0 aliphatic rings. The van der Waals surface area contributed by atoms with Crippen LogP contribution in [0, 0.1) is 5.41 Å². The van der Waals surface area contributed by atoms with Gasteiger partial charge in [0.25, 0.3) is 0 Å². The van der Waals surface area contributed by atoms with E-state index in [1.54, 1.807) is 0 Å². The maximum absolute atomic E-state index is 4.32. The molecule has 24 heavy (non-hydrogen) atoms. The summed E-state index contributed by atoms with van der Waals surface area (Å²) in [5.74, 6) is 0.900. The Labute approximate surface area is 168 Å². The van der Waals surface area contributed by atoms with Gasteiger partial charge in [0.2, 0.25) is 0 Å². The van der Waals surface area contributed by atoms with Crippen molar-refractivity contribution in [3.63, 3.8) is 0 Å². The largest absolute Gasteiger partial charge is 0.356 e. The van der Waals surface area contributed by atoms with Crippen LogP contribution in [0.2, 0.25) is 0 Å². The van der Waals surface area contributed by atoms with E-state index in [0.29, 0.717) is 12.1 Å². The molecule has 0 aromatic heterocycles. The first-order valence-corrected chi connectivity index (χ1v) is 8.94. The first kappa shape index (κ1) is 26.2. The number of rotatable bonds is 10. The third-order valence-corrected chi connectivity index (χ3v) is 3.91. The number of nitrogens with zero attached hydrogens (tertiary/aromatic N) is 3. The molecule has 146 valence electrons. The van der Waals surface area contributed by atoms with Crippen molar-refractivity contribution in [3.8, 4) is 0 Å². The highest BCUT2D eigenvalue weighted by Gasteiger charge is 2.19. The van der Waals surface area contributed by atoms with Gasteiger partial charge in [0.15, 0.2) is 5.96 Å². The Balaban J connectivity index is 0. The summed E-state index contributed by atoms with van der Waals surface area (Å²) in [4.78, 5) is 9.08. The molecule has 0 rings (SSSR count). The lowest BCUT2D eigenvalue weighted by Gasteiger charge is -2.31. The van der Waals surface area contributed by atoms with Gasteiger partial charge >= 0.3 is 0 Å². The summed E-state index contributed by atoms with van der Waals surface area (Å²) in [6.07, 6.45) is 1.12. The van der Waals surface area contributed by atoms with Crippen LogP contribution in [0.3, 0.4) is 0 Å². The Morgan fingerprint density at radius 2 is 1.58 bits per heavy atom. The summed E-state index contributed by atoms with van der Waals surface area (Å²) in [6.45, 7) is 17.6. The molecule has 0 saturated carbocycles. The van der Waals surface area contributed by atoms with Gasteiger partial charge in [0.05, 0.1) is 0 Å². The summed E-state index contributed by atoms with van der Waals surface area (Å²) in [6, 6.07) is 1.19. The smallest absolute Gasteiger partial charge is 0.190 e.